The predicted octanol–water partition coefficient (Wildman–Crippen LogP) is 4.91. The number of benzene rings is 1. The zero-order valence-electron chi connectivity index (χ0n) is 19.0. The molecular weight excluding hydrogens is 460 g/mol. The van der Waals surface area contributed by atoms with Gasteiger partial charge in [0.25, 0.3) is 0 Å². The summed E-state index contributed by atoms with van der Waals surface area (Å²) < 4.78 is 79.0. The molecule has 1 aliphatic heterocycles. The minimum Gasteiger partial charge on any atom is -0.354 e. The van der Waals surface area contributed by atoms with Crippen LogP contribution in [0.2, 0.25) is 0 Å². The Morgan fingerprint density at radius 3 is 2.00 bits per heavy atom. The Labute approximate surface area is 194 Å². The predicted molar refractivity (Wildman–Crippen MR) is 115 cm³/mol. The molecule has 2 heterocycles. The molecule has 1 saturated heterocycles. The van der Waals surface area contributed by atoms with Gasteiger partial charge in [0.15, 0.2) is 0 Å². The Bertz CT molecular complexity index is 966. The lowest BCUT2D eigenvalue weighted by atomic mass is 9.68. The number of rotatable bonds is 4. The first kappa shape index (κ1) is 24.7. The fourth-order valence-corrected chi connectivity index (χ4v) is 5.45. The van der Waals surface area contributed by atoms with Crippen molar-refractivity contribution in [3.05, 3.63) is 54.1 Å². The Morgan fingerprint density at radius 1 is 0.912 bits per heavy atom. The van der Waals surface area contributed by atoms with Crippen molar-refractivity contribution in [1.82, 2.24) is 19.8 Å². The largest absolute Gasteiger partial charge is 0.451 e. The standard InChI is InChI=1S/C23H27F6N5/c1-32(2)21(17-6-4-3-5-7-17)10-8-20(9-11-21)14-33(16-34(20)15-22(24,25)26)18-12-30-19(31-13-18)23(27,28)29/h3-7,12-13H,8-11,14-16H2,1-2H3. The molecule has 0 amide bonds. The zero-order chi connectivity index (χ0) is 24.8. The maximum atomic E-state index is 13.5. The van der Waals surface area contributed by atoms with E-state index in [9.17, 15) is 26.3 Å². The maximum Gasteiger partial charge on any atom is 0.451 e. The lowest BCUT2D eigenvalue weighted by Gasteiger charge is -2.51. The molecule has 0 unspecified atom stereocenters. The van der Waals surface area contributed by atoms with Gasteiger partial charge in [0.05, 0.1) is 31.3 Å². The summed E-state index contributed by atoms with van der Waals surface area (Å²) >= 11 is 0. The van der Waals surface area contributed by atoms with Crippen LogP contribution in [0.4, 0.5) is 32.0 Å². The van der Waals surface area contributed by atoms with E-state index in [0.717, 1.165) is 18.0 Å². The molecule has 5 nitrogen and oxygen atoms in total. The van der Waals surface area contributed by atoms with Gasteiger partial charge in [-0.25, -0.2) is 9.97 Å². The van der Waals surface area contributed by atoms with E-state index in [2.05, 4.69) is 14.9 Å². The second-order valence-electron chi connectivity index (χ2n) is 9.43. The lowest BCUT2D eigenvalue weighted by molar-refractivity contribution is -0.158. The highest BCUT2D eigenvalue weighted by molar-refractivity contribution is 5.45. The van der Waals surface area contributed by atoms with Gasteiger partial charge in [0.2, 0.25) is 5.82 Å². The number of hydrogen-bond acceptors (Lipinski definition) is 5. The van der Waals surface area contributed by atoms with Crippen LogP contribution < -0.4 is 4.90 Å². The molecule has 11 heteroatoms. The quantitative estimate of drug-likeness (QED) is 0.573. The smallest absolute Gasteiger partial charge is 0.354 e. The van der Waals surface area contributed by atoms with Gasteiger partial charge >= 0.3 is 12.4 Å². The fourth-order valence-electron chi connectivity index (χ4n) is 5.45. The number of hydrogen-bond donors (Lipinski definition) is 0. The molecule has 2 aliphatic rings. The van der Waals surface area contributed by atoms with Crippen LogP contribution in [0.3, 0.4) is 0 Å². The van der Waals surface area contributed by atoms with Crippen molar-refractivity contribution in [2.45, 2.75) is 49.1 Å². The minimum atomic E-state index is -4.68. The van der Waals surface area contributed by atoms with Gasteiger partial charge in [-0.1, -0.05) is 30.3 Å². The molecule has 0 bridgehead atoms. The molecule has 1 aromatic carbocycles. The Morgan fingerprint density at radius 2 is 1.50 bits per heavy atom. The number of anilines is 1. The van der Waals surface area contributed by atoms with Crippen molar-refractivity contribution >= 4 is 5.69 Å². The molecule has 1 aromatic heterocycles. The minimum absolute atomic E-state index is 0.0471. The summed E-state index contributed by atoms with van der Waals surface area (Å²) in [6.07, 6.45) is -4.62. The topological polar surface area (TPSA) is 35.5 Å². The summed E-state index contributed by atoms with van der Waals surface area (Å²) in [6.45, 7) is -0.851. The van der Waals surface area contributed by atoms with Crippen LogP contribution in [-0.2, 0) is 11.7 Å². The first-order chi connectivity index (χ1) is 15.8. The van der Waals surface area contributed by atoms with E-state index in [-0.39, 0.29) is 24.4 Å². The van der Waals surface area contributed by atoms with E-state index < -0.39 is 30.3 Å². The van der Waals surface area contributed by atoms with Crippen molar-refractivity contribution in [3.63, 3.8) is 0 Å². The van der Waals surface area contributed by atoms with Gasteiger partial charge in [-0.2, -0.15) is 26.3 Å². The molecule has 34 heavy (non-hydrogen) atoms. The first-order valence-corrected chi connectivity index (χ1v) is 11.0. The van der Waals surface area contributed by atoms with Crippen molar-refractivity contribution in [3.8, 4) is 0 Å². The number of nitrogens with zero attached hydrogens (tertiary/aromatic N) is 5. The summed E-state index contributed by atoms with van der Waals surface area (Å²) in [5, 5.41) is 0. The van der Waals surface area contributed by atoms with E-state index in [1.54, 1.807) is 4.90 Å². The zero-order valence-corrected chi connectivity index (χ0v) is 19.0. The third-order valence-electron chi connectivity index (χ3n) is 7.30. The number of alkyl halides is 6. The second-order valence-corrected chi connectivity index (χ2v) is 9.43. The average molecular weight is 487 g/mol. The highest BCUT2D eigenvalue weighted by atomic mass is 19.4. The van der Waals surface area contributed by atoms with Crippen LogP contribution >= 0.6 is 0 Å². The molecule has 2 fully saturated rings. The molecule has 1 spiro atoms. The molecular formula is C23H27F6N5. The summed E-state index contributed by atoms with van der Waals surface area (Å²) in [6, 6.07) is 9.95. The van der Waals surface area contributed by atoms with Crippen LogP contribution in [0.15, 0.2) is 42.7 Å². The Hall–Kier alpha value is -2.40. The van der Waals surface area contributed by atoms with Crippen LogP contribution in [0.25, 0.3) is 0 Å². The molecule has 1 aliphatic carbocycles. The number of aromatic nitrogens is 2. The average Bonchev–Trinajstić information content (AvgIpc) is 3.10. The molecule has 0 atom stereocenters. The molecule has 186 valence electrons. The van der Waals surface area contributed by atoms with E-state index in [4.69, 9.17) is 0 Å². The van der Waals surface area contributed by atoms with Crippen molar-refractivity contribution in [2.24, 2.45) is 0 Å². The van der Waals surface area contributed by atoms with E-state index in [1.807, 2.05) is 44.4 Å². The highest BCUT2D eigenvalue weighted by Gasteiger charge is 2.53. The fraction of sp³-hybridized carbons (Fsp3) is 0.565. The van der Waals surface area contributed by atoms with Crippen molar-refractivity contribution < 1.29 is 26.3 Å². The van der Waals surface area contributed by atoms with Gasteiger partial charge in [-0.15, -0.1) is 0 Å². The van der Waals surface area contributed by atoms with Gasteiger partial charge < -0.3 is 4.90 Å². The maximum absolute atomic E-state index is 13.5. The third kappa shape index (κ3) is 4.72. The van der Waals surface area contributed by atoms with Gasteiger partial charge in [0.1, 0.15) is 0 Å². The van der Waals surface area contributed by atoms with Crippen molar-refractivity contribution in [1.29, 1.82) is 0 Å². The van der Waals surface area contributed by atoms with E-state index in [0.29, 0.717) is 25.7 Å². The monoisotopic (exact) mass is 487 g/mol. The summed E-state index contributed by atoms with van der Waals surface area (Å²) in [5.74, 6) is -1.27. The van der Waals surface area contributed by atoms with Crippen LogP contribution in [0, 0.1) is 0 Å². The first-order valence-electron chi connectivity index (χ1n) is 11.0. The van der Waals surface area contributed by atoms with E-state index >= 15 is 0 Å². The SMILES string of the molecule is CN(C)C1(c2ccccc2)CCC2(CC1)CN(c1cnc(C(F)(F)F)nc1)CN2CC(F)(F)F. The highest BCUT2D eigenvalue weighted by Crippen LogP contribution is 2.49. The van der Waals surface area contributed by atoms with Crippen LogP contribution in [-0.4, -0.2) is 65.3 Å². The Kier molecular flexibility index (Phi) is 6.30. The Balaban J connectivity index is 1.60. The normalized spacial score (nSPS) is 26.6. The van der Waals surface area contributed by atoms with Gasteiger partial charge in [0, 0.05) is 17.6 Å². The molecule has 4 rings (SSSR count). The molecule has 1 saturated carbocycles. The van der Waals surface area contributed by atoms with E-state index in [1.165, 1.54) is 4.90 Å². The third-order valence-corrected chi connectivity index (χ3v) is 7.30. The van der Waals surface area contributed by atoms with Crippen LogP contribution in [0.1, 0.15) is 37.1 Å². The summed E-state index contributed by atoms with van der Waals surface area (Å²) in [5.41, 5.74) is 0.376. The summed E-state index contributed by atoms with van der Waals surface area (Å²) in [7, 11) is 3.97. The van der Waals surface area contributed by atoms with Gasteiger partial charge in [-0.05, 0) is 45.3 Å². The molecule has 0 N–H and O–H groups in total. The molecule has 2 aromatic rings. The lowest BCUT2D eigenvalue weighted by Crippen LogP contribution is -2.56. The summed E-state index contributed by atoms with van der Waals surface area (Å²) in [4.78, 5) is 12.0. The second kappa shape index (κ2) is 8.67. The van der Waals surface area contributed by atoms with Crippen LogP contribution in [0.5, 0.6) is 0 Å². The van der Waals surface area contributed by atoms with Crippen molar-refractivity contribution in [2.75, 3.05) is 38.8 Å². The molecule has 0 radical (unpaired) electrons. The number of halogens is 6. The van der Waals surface area contributed by atoms with Gasteiger partial charge in [-0.3, -0.25) is 9.80 Å².